The number of rotatable bonds is 7. The molecule has 0 aliphatic heterocycles. The van der Waals surface area contributed by atoms with Crippen molar-refractivity contribution in [3.63, 3.8) is 0 Å². The number of allylic oxidation sites excluding steroid dienone is 2. The van der Waals surface area contributed by atoms with Crippen LogP contribution in [0, 0.1) is 11.8 Å². The Bertz CT molecular complexity index is 401. The van der Waals surface area contributed by atoms with Gasteiger partial charge in [-0.1, -0.05) is 31.3 Å². The van der Waals surface area contributed by atoms with Gasteiger partial charge in [-0.25, -0.2) is 4.79 Å². The standard InChI is InChI=1S/C15H20O3/c1-5-7-8-9-11-13(12-16)15(18-4)14(17-3)10-6-2/h6H,2,5,7-8,10H2,1,3-4H3/b15-14-. The van der Waals surface area contributed by atoms with Crippen LogP contribution in [0.25, 0.3) is 0 Å². The zero-order valence-corrected chi connectivity index (χ0v) is 11.3. The Hall–Kier alpha value is -1.91. The van der Waals surface area contributed by atoms with Gasteiger partial charge in [0.25, 0.3) is 0 Å². The molecule has 0 N–H and O–H groups in total. The van der Waals surface area contributed by atoms with Gasteiger partial charge in [-0.05, 0) is 6.42 Å². The lowest BCUT2D eigenvalue weighted by Crippen LogP contribution is -2.00. The minimum Gasteiger partial charge on any atom is -0.497 e. The third-order valence-electron chi connectivity index (χ3n) is 2.23. The number of hydrogen-bond acceptors (Lipinski definition) is 3. The normalized spacial score (nSPS) is 10.4. The molecular weight excluding hydrogens is 228 g/mol. The van der Waals surface area contributed by atoms with Gasteiger partial charge >= 0.3 is 0 Å². The Morgan fingerprint density at radius 2 is 2.06 bits per heavy atom. The molecule has 0 spiro atoms. The maximum Gasteiger partial charge on any atom is 0.183 e. The molecule has 0 aliphatic rings. The number of hydrogen-bond donors (Lipinski definition) is 0. The predicted octanol–water partition coefficient (Wildman–Crippen LogP) is 3.02. The van der Waals surface area contributed by atoms with Crippen LogP contribution in [0.15, 0.2) is 29.7 Å². The molecule has 0 saturated carbocycles. The molecule has 3 nitrogen and oxygen atoms in total. The smallest absolute Gasteiger partial charge is 0.183 e. The Balaban J connectivity index is 5.14. The first-order chi connectivity index (χ1) is 8.74. The highest BCUT2D eigenvalue weighted by Gasteiger charge is 2.12. The molecule has 0 aromatic heterocycles. The minimum absolute atomic E-state index is 0.187. The SMILES string of the molecule is C=CC/C(OC)=C(/OC)C(=C=O)C#CCCCC. The average Bonchev–Trinajstić information content (AvgIpc) is 2.40. The summed E-state index contributed by atoms with van der Waals surface area (Å²) in [5.74, 6) is 8.36. The van der Waals surface area contributed by atoms with Crippen molar-refractivity contribution in [1.82, 2.24) is 0 Å². The van der Waals surface area contributed by atoms with E-state index < -0.39 is 0 Å². The van der Waals surface area contributed by atoms with Crippen molar-refractivity contribution < 1.29 is 14.3 Å². The second kappa shape index (κ2) is 10.3. The fourth-order valence-corrected chi connectivity index (χ4v) is 1.30. The molecule has 18 heavy (non-hydrogen) atoms. The number of methoxy groups -OCH3 is 2. The highest BCUT2D eigenvalue weighted by atomic mass is 16.5. The first-order valence-corrected chi connectivity index (χ1v) is 5.91. The van der Waals surface area contributed by atoms with E-state index >= 15 is 0 Å². The van der Waals surface area contributed by atoms with Gasteiger partial charge in [0.05, 0.1) is 14.2 Å². The average molecular weight is 248 g/mol. The second-order valence-corrected chi connectivity index (χ2v) is 3.54. The summed E-state index contributed by atoms with van der Waals surface area (Å²) in [6.45, 7) is 5.71. The molecule has 0 saturated heterocycles. The van der Waals surface area contributed by atoms with Crippen molar-refractivity contribution in [3.8, 4) is 11.8 Å². The summed E-state index contributed by atoms with van der Waals surface area (Å²) in [5.41, 5.74) is 0.187. The van der Waals surface area contributed by atoms with E-state index in [1.807, 2.05) is 0 Å². The van der Waals surface area contributed by atoms with Gasteiger partial charge in [0.2, 0.25) is 0 Å². The Morgan fingerprint density at radius 1 is 1.33 bits per heavy atom. The van der Waals surface area contributed by atoms with Crippen molar-refractivity contribution >= 4 is 5.94 Å². The van der Waals surface area contributed by atoms with Gasteiger partial charge in [-0.15, -0.1) is 6.58 Å². The van der Waals surface area contributed by atoms with Crippen LogP contribution in [-0.2, 0) is 14.3 Å². The summed E-state index contributed by atoms with van der Waals surface area (Å²) in [4.78, 5) is 10.9. The van der Waals surface area contributed by atoms with Crippen LogP contribution in [0.4, 0.5) is 0 Å². The van der Waals surface area contributed by atoms with Gasteiger partial charge in [-0.2, -0.15) is 0 Å². The van der Waals surface area contributed by atoms with Crippen LogP contribution in [0.5, 0.6) is 0 Å². The van der Waals surface area contributed by atoms with Gasteiger partial charge in [-0.3, -0.25) is 0 Å². The third kappa shape index (κ3) is 5.43. The highest BCUT2D eigenvalue weighted by molar-refractivity contribution is 5.67. The van der Waals surface area contributed by atoms with Crippen molar-refractivity contribution in [2.24, 2.45) is 0 Å². The second-order valence-electron chi connectivity index (χ2n) is 3.54. The molecule has 0 amide bonds. The largest absolute Gasteiger partial charge is 0.497 e. The van der Waals surface area contributed by atoms with E-state index in [0.717, 1.165) is 19.3 Å². The zero-order chi connectivity index (χ0) is 13.8. The Labute approximate surface area is 109 Å². The molecule has 0 aromatic carbocycles. The van der Waals surface area contributed by atoms with Crippen molar-refractivity contribution in [3.05, 3.63) is 29.7 Å². The zero-order valence-electron chi connectivity index (χ0n) is 11.3. The quantitative estimate of drug-likeness (QED) is 0.173. The predicted molar refractivity (Wildman–Crippen MR) is 72.4 cm³/mol. The number of carbonyl (C=O) groups excluding carboxylic acids is 1. The van der Waals surface area contributed by atoms with Crippen LogP contribution >= 0.6 is 0 Å². The lowest BCUT2D eigenvalue weighted by molar-refractivity contribution is 0.225. The first kappa shape index (κ1) is 16.1. The lowest BCUT2D eigenvalue weighted by atomic mass is 10.1. The summed E-state index contributed by atoms with van der Waals surface area (Å²) in [5, 5.41) is 0. The van der Waals surface area contributed by atoms with E-state index in [1.165, 1.54) is 14.2 Å². The molecule has 0 rings (SSSR count). The minimum atomic E-state index is 0.187. The molecule has 98 valence electrons. The van der Waals surface area contributed by atoms with Crippen LogP contribution < -0.4 is 0 Å². The molecule has 0 bridgehead atoms. The third-order valence-corrected chi connectivity index (χ3v) is 2.23. The molecule has 0 aromatic rings. The molecule has 0 unspecified atom stereocenters. The van der Waals surface area contributed by atoms with Crippen LogP contribution in [0.1, 0.15) is 32.6 Å². The Morgan fingerprint density at radius 3 is 2.50 bits per heavy atom. The van der Waals surface area contributed by atoms with Gasteiger partial charge in [0.1, 0.15) is 11.7 Å². The van der Waals surface area contributed by atoms with Crippen LogP contribution in [0.3, 0.4) is 0 Å². The lowest BCUT2D eigenvalue weighted by Gasteiger charge is -2.09. The summed E-state index contributed by atoms with van der Waals surface area (Å²) in [6.07, 6.45) is 4.98. The van der Waals surface area contributed by atoms with Gasteiger partial charge in [0.15, 0.2) is 11.3 Å². The fourth-order valence-electron chi connectivity index (χ4n) is 1.30. The maximum absolute atomic E-state index is 10.9. The number of ether oxygens (including phenoxy) is 2. The Kier molecular flexibility index (Phi) is 9.17. The maximum atomic E-state index is 10.9. The van der Waals surface area contributed by atoms with Crippen molar-refractivity contribution in [2.75, 3.05) is 14.2 Å². The molecular formula is C15H20O3. The van der Waals surface area contributed by atoms with Gasteiger partial charge < -0.3 is 9.47 Å². The molecule has 0 fully saturated rings. The van der Waals surface area contributed by atoms with Gasteiger partial charge in [0, 0.05) is 12.8 Å². The van der Waals surface area contributed by atoms with Crippen LogP contribution in [0.2, 0.25) is 0 Å². The summed E-state index contributed by atoms with van der Waals surface area (Å²) in [6, 6.07) is 0. The summed E-state index contributed by atoms with van der Waals surface area (Å²) < 4.78 is 10.3. The van der Waals surface area contributed by atoms with E-state index in [-0.39, 0.29) is 5.57 Å². The summed E-state index contributed by atoms with van der Waals surface area (Å²) in [7, 11) is 2.99. The summed E-state index contributed by atoms with van der Waals surface area (Å²) >= 11 is 0. The number of unbranched alkanes of at least 4 members (excludes halogenated alkanes) is 2. The molecule has 0 radical (unpaired) electrons. The molecule has 0 atom stereocenters. The van der Waals surface area contributed by atoms with Crippen LogP contribution in [-0.4, -0.2) is 20.2 Å². The van der Waals surface area contributed by atoms with Crippen molar-refractivity contribution in [2.45, 2.75) is 32.6 Å². The van der Waals surface area contributed by atoms with E-state index in [4.69, 9.17) is 9.47 Å². The topological polar surface area (TPSA) is 35.5 Å². The molecule has 3 heteroatoms. The fraction of sp³-hybridized carbons (Fsp3) is 0.467. The van der Waals surface area contributed by atoms with E-state index in [9.17, 15) is 4.79 Å². The molecule has 0 heterocycles. The van der Waals surface area contributed by atoms with E-state index in [2.05, 4.69) is 25.3 Å². The highest BCUT2D eigenvalue weighted by Crippen LogP contribution is 2.17. The monoisotopic (exact) mass is 248 g/mol. The van der Waals surface area contributed by atoms with E-state index in [1.54, 1.807) is 12.0 Å². The van der Waals surface area contributed by atoms with E-state index in [0.29, 0.717) is 17.9 Å². The molecule has 0 aliphatic carbocycles. The van der Waals surface area contributed by atoms with Crippen molar-refractivity contribution in [1.29, 1.82) is 0 Å². The first-order valence-electron chi connectivity index (χ1n) is 5.91.